The van der Waals surface area contributed by atoms with E-state index in [9.17, 15) is 4.79 Å². The Bertz CT molecular complexity index is 702. The summed E-state index contributed by atoms with van der Waals surface area (Å²) in [6, 6.07) is 12.1. The zero-order valence-corrected chi connectivity index (χ0v) is 12.4. The number of ether oxygens (including phenoxy) is 1. The fourth-order valence-corrected chi connectivity index (χ4v) is 2.69. The molecule has 3 rings (SSSR count). The Kier molecular flexibility index (Phi) is 3.80. The maximum absolute atomic E-state index is 12.7. The highest BCUT2D eigenvalue weighted by Crippen LogP contribution is 2.39. The van der Waals surface area contributed by atoms with E-state index < -0.39 is 0 Å². The van der Waals surface area contributed by atoms with Gasteiger partial charge in [0.15, 0.2) is 0 Å². The smallest absolute Gasteiger partial charge is 0.255 e. The second kappa shape index (κ2) is 5.74. The summed E-state index contributed by atoms with van der Waals surface area (Å²) in [5.74, 6) is 0.799. The molecule has 1 heterocycles. The number of rotatable bonds is 5. The maximum atomic E-state index is 12.7. The predicted molar refractivity (Wildman–Crippen MR) is 83.7 cm³/mol. The van der Waals surface area contributed by atoms with Gasteiger partial charge in [-0.2, -0.15) is 0 Å². The van der Waals surface area contributed by atoms with Crippen molar-refractivity contribution in [2.24, 2.45) is 0 Å². The fraction of sp³-hybridized carbons (Fsp3) is 0.353. The molecule has 1 aliphatic rings. The first kappa shape index (κ1) is 13.9. The summed E-state index contributed by atoms with van der Waals surface area (Å²) >= 11 is 0. The number of methoxy groups -OCH3 is 1. The summed E-state index contributed by atoms with van der Waals surface area (Å²) < 4.78 is 7.38. The van der Waals surface area contributed by atoms with Crippen LogP contribution < -0.4 is 15.6 Å². The Balaban J connectivity index is 2.18. The van der Waals surface area contributed by atoms with Crippen molar-refractivity contribution in [2.45, 2.75) is 25.4 Å². The molecule has 2 aromatic rings. The summed E-state index contributed by atoms with van der Waals surface area (Å²) in [6.07, 6.45) is 2.15. The first-order valence-corrected chi connectivity index (χ1v) is 7.28. The molecule has 0 aliphatic heterocycles. The molecular formula is C17H20N2O2. The minimum absolute atomic E-state index is 0.107. The predicted octanol–water partition coefficient (Wildman–Crippen LogP) is 2.58. The van der Waals surface area contributed by atoms with Crippen LogP contribution in [0.25, 0.3) is 11.3 Å². The van der Waals surface area contributed by atoms with E-state index in [0.29, 0.717) is 12.6 Å². The minimum Gasteiger partial charge on any atom is -0.496 e. The SMILES string of the molecule is CNCc1ccc(-c2ccccc2OC)n(C2CC2)c1=O. The van der Waals surface area contributed by atoms with Crippen molar-refractivity contribution < 1.29 is 4.74 Å². The van der Waals surface area contributed by atoms with Crippen molar-refractivity contribution in [2.75, 3.05) is 14.2 Å². The lowest BCUT2D eigenvalue weighted by atomic mass is 10.1. The summed E-state index contributed by atoms with van der Waals surface area (Å²) in [5.41, 5.74) is 2.83. The van der Waals surface area contributed by atoms with Crippen molar-refractivity contribution in [3.8, 4) is 17.0 Å². The Labute approximate surface area is 124 Å². The van der Waals surface area contributed by atoms with Gasteiger partial charge in [0.25, 0.3) is 5.56 Å². The molecule has 1 N–H and O–H groups in total. The highest BCUT2D eigenvalue weighted by Gasteiger charge is 2.28. The second-order valence-electron chi connectivity index (χ2n) is 5.38. The fourth-order valence-electron chi connectivity index (χ4n) is 2.69. The van der Waals surface area contributed by atoms with Gasteiger partial charge in [0.05, 0.1) is 12.8 Å². The normalized spacial score (nSPS) is 14.2. The third kappa shape index (κ3) is 2.59. The van der Waals surface area contributed by atoms with Crippen LogP contribution in [0.5, 0.6) is 5.75 Å². The van der Waals surface area contributed by atoms with Crippen molar-refractivity contribution in [1.82, 2.24) is 9.88 Å². The van der Waals surface area contributed by atoms with Crippen LogP contribution in [-0.4, -0.2) is 18.7 Å². The lowest BCUT2D eigenvalue weighted by molar-refractivity contribution is 0.416. The zero-order chi connectivity index (χ0) is 14.8. The maximum Gasteiger partial charge on any atom is 0.255 e. The number of aromatic nitrogens is 1. The molecule has 0 atom stereocenters. The second-order valence-corrected chi connectivity index (χ2v) is 5.38. The van der Waals surface area contributed by atoms with Crippen LogP contribution in [0.3, 0.4) is 0 Å². The third-order valence-electron chi connectivity index (χ3n) is 3.86. The summed E-state index contributed by atoms with van der Waals surface area (Å²) in [7, 11) is 3.52. The van der Waals surface area contributed by atoms with Crippen LogP contribution in [0, 0.1) is 0 Å². The molecule has 1 saturated carbocycles. The largest absolute Gasteiger partial charge is 0.496 e. The van der Waals surface area contributed by atoms with E-state index in [2.05, 4.69) is 5.32 Å². The van der Waals surface area contributed by atoms with Gasteiger partial charge in [0, 0.05) is 23.7 Å². The summed E-state index contributed by atoms with van der Waals surface area (Å²) in [4.78, 5) is 12.7. The highest BCUT2D eigenvalue weighted by atomic mass is 16.5. The molecule has 0 amide bonds. The Morgan fingerprint density at radius 2 is 2.00 bits per heavy atom. The van der Waals surface area contributed by atoms with Gasteiger partial charge in [-0.05, 0) is 38.1 Å². The third-order valence-corrected chi connectivity index (χ3v) is 3.86. The Morgan fingerprint density at radius 1 is 1.24 bits per heavy atom. The van der Waals surface area contributed by atoms with Gasteiger partial charge in [0.1, 0.15) is 5.75 Å². The standard InChI is InChI=1S/C17H20N2O2/c1-18-11-12-7-10-15(19(17(12)20)13-8-9-13)14-5-3-4-6-16(14)21-2/h3-7,10,13,18H,8-9,11H2,1-2H3. The van der Waals surface area contributed by atoms with E-state index in [0.717, 1.165) is 35.4 Å². The van der Waals surface area contributed by atoms with Crippen LogP contribution in [0.1, 0.15) is 24.4 Å². The van der Waals surface area contributed by atoms with Gasteiger partial charge in [-0.25, -0.2) is 0 Å². The average Bonchev–Trinajstić information content (AvgIpc) is 3.34. The lowest BCUT2D eigenvalue weighted by Gasteiger charge is -2.16. The molecular weight excluding hydrogens is 264 g/mol. The molecule has 0 radical (unpaired) electrons. The number of benzene rings is 1. The highest BCUT2D eigenvalue weighted by molar-refractivity contribution is 5.68. The molecule has 21 heavy (non-hydrogen) atoms. The van der Waals surface area contributed by atoms with E-state index in [1.54, 1.807) is 7.11 Å². The number of para-hydroxylation sites is 1. The van der Waals surface area contributed by atoms with Crippen molar-refractivity contribution in [3.05, 3.63) is 52.3 Å². The van der Waals surface area contributed by atoms with Gasteiger partial charge in [-0.3, -0.25) is 4.79 Å². The zero-order valence-electron chi connectivity index (χ0n) is 12.4. The quantitative estimate of drug-likeness (QED) is 0.917. The Hall–Kier alpha value is -2.07. The van der Waals surface area contributed by atoms with Crippen molar-refractivity contribution >= 4 is 0 Å². The number of pyridine rings is 1. The average molecular weight is 284 g/mol. The van der Waals surface area contributed by atoms with E-state index in [1.165, 1.54) is 0 Å². The van der Waals surface area contributed by atoms with Gasteiger partial charge in [-0.1, -0.05) is 18.2 Å². The molecule has 1 aromatic carbocycles. The number of hydrogen-bond acceptors (Lipinski definition) is 3. The number of nitrogens with one attached hydrogen (secondary N) is 1. The topological polar surface area (TPSA) is 43.3 Å². The molecule has 1 fully saturated rings. The van der Waals surface area contributed by atoms with Crippen LogP contribution in [-0.2, 0) is 6.54 Å². The van der Waals surface area contributed by atoms with Crippen molar-refractivity contribution in [1.29, 1.82) is 0 Å². The monoisotopic (exact) mass is 284 g/mol. The lowest BCUT2D eigenvalue weighted by Crippen LogP contribution is -2.26. The van der Waals surface area contributed by atoms with Gasteiger partial charge >= 0.3 is 0 Å². The van der Waals surface area contributed by atoms with Gasteiger partial charge < -0.3 is 14.6 Å². The van der Waals surface area contributed by atoms with E-state index in [4.69, 9.17) is 4.74 Å². The summed E-state index contributed by atoms with van der Waals surface area (Å²) in [5, 5.41) is 3.06. The van der Waals surface area contributed by atoms with Gasteiger partial charge in [0.2, 0.25) is 0 Å². The molecule has 110 valence electrons. The van der Waals surface area contributed by atoms with Crippen LogP contribution in [0.4, 0.5) is 0 Å². The Morgan fingerprint density at radius 3 is 2.67 bits per heavy atom. The molecule has 1 aliphatic carbocycles. The molecule has 1 aromatic heterocycles. The molecule has 0 saturated heterocycles. The van der Waals surface area contributed by atoms with Crippen LogP contribution in [0.2, 0.25) is 0 Å². The summed E-state index contributed by atoms with van der Waals surface area (Å²) in [6.45, 7) is 0.595. The van der Waals surface area contributed by atoms with E-state index in [1.807, 2.05) is 48.0 Å². The molecule has 4 heteroatoms. The first-order chi connectivity index (χ1) is 10.3. The molecule has 0 bridgehead atoms. The van der Waals surface area contributed by atoms with E-state index >= 15 is 0 Å². The van der Waals surface area contributed by atoms with E-state index in [-0.39, 0.29) is 5.56 Å². The number of nitrogens with zero attached hydrogens (tertiary/aromatic N) is 1. The van der Waals surface area contributed by atoms with Crippen LogP contribution >= 0.6 is 0 Å². The van der Waals surface area contributed by atoms with Crippen molar-refractivity contribution in [3.63, 3.8) is 0 Å². The molecule has 0 spiro atoms. The first-order valence-electron chi connectivity index (χ1n) is 7.28. The number of hydrogen-bond donors (Lipinski definition) is 1. The van der Waals surface area contributed by atoms with Crippen LogP contribution in [0.15, 0.2) is 41.2 Å². The molecule has 4 nitrogen and oxygen atoms in total. The van der Waals surface area contributed by atoms with Gasteiger partial charge in [-0.15, -0.1) is 0 Å². The molecule has 0 unspecified atom stereocenters. The minimum atomic E-state index is 0.107.